The molecule has 5 rings (SSSR count). The molecule has 164 valence electrons. The quantitative estimate of drug-likeness (QED) is 0.362. The summed E-state index contributed by atoms with van der Waals surface area (Å²) in [4.78, 5) is 32.9. The minimum absolute atomic E-state index is 0.236. The Hall–Kier alpha value is -4.73. The van der Waals surface area contributed by atoms with Gasteiger partial charge in [0.1, 0.15) is 17.8 Å². The van der Waals surface area contributed by atoms with Gasteiger partial charge in [0, 0.05) is 17.0 Å². The number of hydrogen-bond donors (Lipinski definition) is 3. The van der Waals surface area contributed by atoms with Gasteiger partial charge in [-0.2, -0.15) is 0 Å². The molecule has 0 aliphatic heterocycles. The number of nitrogens with zero attached hydrogens (tertiary/aromatic N) is 4. The van der Waals surface area contributed by atoms with Crippen LogP contribution in [0, 0.1) is 0 Å². The summed E-state index contributed by atoms with van der Waals surface area (Å²) in [5.41, 5.74) is 2.50. The van der Waals surface area contributed by atoms with E-state index in [1.54, 1.807) is 38.5 Å². The van der Waals surface area contributed by atoms with Crippen LogP contribution in [0.1, 0.15) is 10.4 Å². The lowest BCUT2D eigenvalue weighted by Gasteiger charge is -2.09. The molecule has 10 heteroatoms. The molecule has 0 saturated carbocycles. The van der Waals surface area contributed by atoms with E-state index in [1.807, 2.05) is 18.2 Å². The molecule has 0 spiro atoms. The van der Waals surface area contributed by atoms with Gasteiger partial charge in [-0.15, -0.1) is 0 Å². The number of fused-ring (bicyclic) bond motifs is 3. The molecule has 10 nitrogen and oxygen atoms in total. The maximum atomic E-state index is 12.3. The first-order valence-electron chi connectivity index (χ1n) is 10.00. The standard InChI is InChI=1S/C23H19N7O3/c1-32-17-8-15-16(9-18(17)33-2)29-20-19(15)21(27-12-26-20)30-23-24-10-14(11-25-23)28-22(31)13-6-4-3-5-7-13/h3-12H,1-2H3,(H,28,31)(H2,24,25,26,27,29,30). The molecule has 0 radical (unpaired) electrons. The van der Waals surface area contributed by atoms with Crippen LogP contribution in [0.15, 0.2) is 61.2 Å². The molecule has 1 amide bonds. The van der Waals surface area contributed by atoms with E-state index in [4.69, 9.17) is 9.47 Å². The van der Waals surface area contributed by atoms with Gasteiger partial charge in [0.25, 0.3) is 5.91 Å². The summed E-state index contributed by atoms with van der Waals surface area (Å²) in [6.07, 6.45) is 4.50. The van der Waals surface area contributed by atoms with Crippen molar-refractivity contribution in [3.05, 3.63) is 66.7 Å². The first-order valence-corrected chi connectivity index (χ1v) is 10.00. The zero-order valence-corrected chi connectivity index (χ0v) is 17.8. The SMILES string of the molecule is COc1cc2[nH]c3ncnc(Nc4ncc(NC(=O)c5ccccc5)cn4)c3c2cc1OC. The molecule has 3 N–H and O–H groups in total. The second-order valence-electron chi connectivity index (χ2n) is 7.06. The van der Waals surface area contributed by atoms with Crippen molar-refractivity contribution in [1.29, 1.82) is 0 Å². The van der Waals surface area contributed by atoms with Gasteiger partial charge in [-0.3, -0.25) is 4.79 Å². The Morgan fingerprint density at radius 1 is 0.939 bits per heavy atom. The number of aromatic amines is 1. The van der Waals surface area contributed by atoms with Crippen molar-refractivity contribution < 1.29 is 14.3 Å². The summed E-state index contributed by atoms with van der Waals surface area (Å²) in [6.45, 7) is 0. The van der Waals surface area contributed by atoms with Gasteiger partial charge in [0.05, 0.1) is 43.2 Å². The summed E-state index contributed by atoms with van der Waals surface area (Å²) in [6, 6.07) is 12.6. The fourth-order valence-electron chi connectivity index (χ4n) is 3.50. The van der Waals surface area contributed by atoms with Crippen molar-refractivity contribution in [2.24, 2.45) is 0 Å². The minimum Gasteiger partial charge on any atom is -0.493 e. The van der Waals surface area contributed by atoms with Crippen molar-refractivity contribution in [2.45, 2.75) is 0 Å². The number of amides is 1. The van der Waals surface area contributed by atoms with Crippen molar-refractivity contribution in [1.82, 2.24) is 24.9 Å². The summed E-state index contributed by atoms with van der Waals surface area (Å²) in [5.74, 6) is 1.81. The topological polar surface area (TPSA) is 127 Å². The Kier molecular flexibility index (Phi) is 5.15. The van der Waals surface area contributed by atoms with Gasteiger partial charge in [0.15, 0.2) is 11.5 Å². The second-order valence-corrected chi connectivity index (χ2v) is 7.06. The van der Waals surface area contributed by atoms with Gasteiger partial charge >= 0.3 is 0 Å². The van der Waals surface area contributed by atoms with Crippen molar-refractivity contribution in [2.75, 3.05) is 24.9 Å². The first kappa shape index (κ1) is 20.2. The highest BCUT2D eigenvalue weighted by Gasteiger charge is 2.16. The Balaban J connectivity index is 1.43. The lowest BCUT2D eigenvalue weighted by Crippen LogP contribution is -2.12. The third-order valence-corrected chi connectivity index (χ3v) is 5.07. The number of methoxy groups -OCH3 is 2. The molecule has 0 aliphatic rings. The molecule has 0 atom stereocenters. The average Bonchev–Trinajstić information content (AvgIpc) is 3.23. The fraction of sp³-hybridized carbons (Fsp3) is 0.0870. The van der Waals surface area contributed by atoms with Gasteiger partial charge in [-0.05, 0) is 18.2 Å². The Bertz CT molecular complexity index is 1450. The van der Waals surface area contributed by atoms with E-state index in [0.717, 1.165) is 16.3 Å². The lowest BCUT2D eigenvalue weighted by molar-refractivity contribution is 0.102. The zero-order chi connectivity index (χ0) is 22.8. The number of hydrogen-bond acceptors (Lipinski definition) is 8. The van der Waals surface area contributed by atoms with Crippen molar-refractivity contribution >= 4 is 45.3 Å². The summed E-state index contributed by atoms with van der Waals surface area (Å²) in [7, 11) is 3.17. The van der Waals surface area contributed by atoms with Crippen LogP contribution in [0.2, 0.25) is 0 Å². The number of carbonyl (C=O) groups excluding carboxylic acids is 1. The average molecular weight is 441 g/mol. The molecule has 2 aromatic carbocycles. The number of H-pyrrole nitrogens is 1. The smallest absolute Gasteiger partial charge is 0.255 e. The van der Waals surface area contributed by atoms with E-state index >= 15 is 0 Å². The number of carbonyl (C=O) groups is 1. The van der Waals surface area contributed by atoms with Gasteiger partial charge in [-0.1, -0.05) is 18.2 Å². The Morgan fingerprint density at radius 2 is 1.67 bits per heavy atom. The van der Waals surface area contributed by atoms with E-state index in [-0.39, 0.29) is 5.91 Å². The molecule has 3 aromatic heterocycles. The van der Waals surface area contributed by atoms with E-state index in [9.17, 15) is 4.79 Å². The third-order valence-electron chi connectivity index (χ3n) is 5.07. The second kappa shape index (κ2) is 8.42. The predicted molar refractivity (Wildman–Crippen MR) is 124 cm³/mol. The predicted octanol–water partition coefficient (Wildman–Crippen LogP) is 3.91. The molecule has 0 bridgehead atoms. The lowest BCUT2D eigenvalue weighted by atomic mass is 10.2. The molecule has 0 saturated heterocycles. The highest BCUT2D eigenvalue weighted by Crippen LogP contribution is 2.37. The normalized spacial score (nSPS) is 10.8. The maximum absolute atomic E-state index is 12.3. The summed E-state index contributed by atoms with van der Waals surface area (Å²) < 4.78 is 10.8. The highest BCUT2D eigenvalue weighted by molar-refractivity contribution is 6.12. The number of aromatic nitrogens is 5. The number of benzene rings is 2. The fourth-order valence-corrected chi connectivity index (χ4v) is 3.50. The molecule has 0 aliphatic carbocycles. The van der Waals surface area contributed by atoms with E-state index in [1.165, 1.54) is 18.7 Å². The monoisotopic (exact) mass is 441 g/mol. The molecule has 3 heterocycles. The van der Waals surface area contributed by atoms with Crippen LogP contribution >= 0.6 is 0 Å². The number of nitrogens with one attached hydrogen (secondary N) is 3. The summed E-state index contributed by atoms with van der Waals surface area (Å²) in [5, 5.41) is 7.52. The van der Waals surface area contributed by atoms with Crippen LogP contribution in [0.25, 0.3) is 21.9 Å². The van der Waals surface area contributed by atoms with E-state index < -0.39 is 0 Å². The third kappa shape index (κ3) is 3.85. The maximum Gasteiger partial charge on any atom is 0.255 e. The largest absolute Gasteiger partial charge is 0.493 e. The Labute approximate surface area is 188 Å². The van der Waals surface area contributed by atoms with Crippen molar-refractivity contribution in [3.63, 3.8) is 0 Å². The molecule has 33 heavy (non-hydrogen) atoms. The van der Waals surface area contributed by atoms with Gasteiger partial charge in [0.2, 0.25) is 5.95 Å². The number of rotatable bonds is 6. The van der Waals surface area contributed by atoms with Crippen LogP contribution in [-0.2, 0) is 0 Å². The highest BCUT2D eigenvalue weighted by atomic mass is 16.5. The number of anilines is 3. The van der Waals surface area contributed by atoms with Crippen LogP contribution in [0.3, 0.4) is 0 Å². The van der Waals surface area contributed by atoms with E-state index in [0.29, 0.717) is 40.2 Å². The molecule has 0 unspecified atom stereocenters. The Morgan fingerprint density at radius 3 is 2.39 bits per heavy atom. The molecular weight excluding hydrogens is 422 g/mol. The van der Waals surface area contributed by atoms with Crippen LogP contribution in [0.4, 0.5) is 17.5 Å². The van der Waals surface area contributed by atoms with Crippen LogP contribution < -0.4 is 20.1 Å². The van der Waals surface area contributed by atoms with Crippen molar-refractivity contribution in [3.8, 4) is 11.5 Å². The first-order chi connectivity index (χ1) is 16.2. The van der Waals surface area contributed by atoms with E-state index in [2.05, 4.69) is 35.6 Å². The van der Waals surface area contributed by atoms with Crippen LogP contribution in [0.5, 0.6) is 11.5 Å². The van der Waals surface area contributed by atoms with Gasteiger partial charge < -0.3 is 25.1 Å². The van der Waals surface area contributed by atoms with Crippen LogP contribution in [-0.4, -0.2) is 45.0 Å². The number of ether oxygens (including phenoxy) is 2. The molecule has 0 fully saturated rings. The van der Waals surface area contributed by atoms with Gasteiger partial charge in [-0.25, -0.2) is 19.9 Å². The minimum atomic E-state index is -0.236. The zero-order valence-electron chi connectivity index (χ0n) is 17.8. The molecule has 5 aromatic rings. The summed E-state index contributed by atoms with van der Waals surface area (Å²) >= 11 is 0. The molecular formula is C23H19N7O3.